The molecule has 47 heavy (non-hydrogen) atoms. The number of nitrogens with one attached hydrogen (secondary N) is 2. The van der Waals surface area contributed by atoms with E-state index in [1.807, 2.05) is 19.1 Å². The summed E-state index contributed by atoms with van der Waals surface area (Å²) < 4.78 is 21.6. The first kappa shape index (κ1) is 31.8. The van der Waals surface area contributed by atoms with Crippen molar-refractivity contribution in [1.29, 1.82) is 0 Å². The molecule has 0 aliphatic heterocycles. The fraction of sp³-hybridized carbons (Fsp3) is 0.371. The zero-order chi connectivity index (χ0) is 33.1. The molecule has 2 fully saturated rings. The van der Waals surface area contributed by atoms with Gasteiger partial charge in [-0.25, -0.2) is 14.2 Å². The van der Waals surface area contributed by atoms with E-state index in [1.54, 1.807) is 19.1 Å². The van der Waals surface area contributed by atoms with E-state index in [0.29, 0.717) is 24.1 Å². The molecule has 2 amide bonds. The van der Waals surface area contributed by atoms with Crippen molar-refractivity contribution in [1.82, 2.24) is 24.8 Å². The number of aromatic nitrogens is 4. The number of aliphatic carboxylic acids is 1. The highest BCUT2D eigenvalue weighted by atomic mass is 19.1. The second kappa shape index (κ2) is 13.3. The molecule has 0 unspecified atom stereocenters. The maximum absolute atomic E-state index is 13.8. The number of nitrogens with zero attached hydrogens (tertiary/aromatic N) is 4. The van der Waals surface area contributed by atoms with Crippen LogP contribution < -0.4 is 15.4 Å². The molecule has 3 aromatic heterocycles. The minimum atomic E-state index is -1.14. The number of pyridine rings is 1. The van der Waals surface area contributed by atoms with Gasteiger partial charge in [0.05, 0.1) is 30.4 Å². The molecule has 3 heterocycles. The number of carbonyl (C=O) groups excluding carboxylic acids is 2. The Morgan fingerprint density at radius 1 is 1.09 bits per heavy atom. The van der Waals surface area contributed by atoms with Crippen LogP contribution in [0.2, 0.25) is 0 Å². The highest BCUT2D eigenvalue weighted by molar-refractivity contribution is 6.06. The van der Waals surface area contributed by atoms with Crippen molar-refractivity contribution in [3.8, 4) is 17.3 Å². The predicted molar refractivity (Wildman–Crippen MR) is 175 cm³/mol. The molecule has 0 spiro atoms. The van der Waals surface area contributed by atoms with Crippen LogP contribution in [0.15, 0.2) is 48.8 Å². The standard InChI is InChI=1S/C35H37FN6O5/c1-3-47-33-27(13-15-30(43)44)38-20-29(39-33)40-34(46)35(16-7-17-35)41-32(45)22-10-14-28-25(18-22)21(2)31(26-12-11-23(36)19-37-26)42(28)24-8-5-4-6-9-24/h10-15,18-20,24H,3-9,16-17H2,1-2H3,(H,41,45)(H,43,44)(H,39,40,46)/b15-13+. The molecule has 0 saturated heterocycles. The summed E-state index contributed by atoms with van der Waals surface area (Å²) in [4.78, 5) is 51.1. The van der Waals surface area contributed by atoms with Gasteiger partial charge in [-0.1, -0.05) is 19.3 Å². The molecule has 12 heteroatoms. The van der Waals surface area contributed by atoms with Crippen LogP contribution >= 0.6 is 0 Å². The Labute approximate surface area is 271 Å². The zero-order valence-corrected chi connectivity index (χ0v) is 26.4. The van der Waals surface area contributed by atoms with E-state index in [-0.39, 0.29) is 35.9 Å². The molecular formula is C35H37FN6O5. The van der Waals surface area contributed by atoms with Gasteiger partial charge >= 0.3 is 5.97 Å². The van der Waals surface area contributed by atoms with E-state index in [1.165, 1.54) is 31.0 Å². The summed E-state index contributed by atoms with van der Waals surface area (Å²) in [5, 5.41) is 15.6. The number of carboxylic acids is 1. The Balaban J connectivity index is 1.27. The third kappa shape index (κ3) is 6.45. The smallest absolute Gasteiger partial charge is 0.328 e. The topological polar surface area (TPSA) is 148 Å². The average molecular weight is 641 g/mol. The second-order valence-electron chi connectivity index (χ2n) is 12.1. The molecule has 2 aliphatic rings. The van der Waals surface area contributed by atoms with Crippen LogP contribution in [-0.2, 0) is 9.59 Å². The summed E-state index contributed by atoms with van der Waals surface area (Å²) in [6.07, 6.45) is 12.0. The first-order chi connectivity index (χ1) is 22.7. The lowest BCUT2D eigenvalue weighted by Crippen LogP contribution is -2.61. The van der Waals surface area contributed by atoms with Gasteiger partial charge in [-0.3, -0.25) is 14.6 Å². The van der Waals surface area contributed by atoms with Gasteiger partial charge in [-0.2, -0.15) is 4.98 Å². The second-order valence-corrected chi connectivity index (χ2v) is 12.1. The number of hydrogen-bond acceptors (Lipinski definition) is 7. The SMILES string of the molecule is CCOc1nc(NC(=O)C2(NC(=O)c3ccc4c(c3)c(C)c(-c3ccc(F)cn3)n4C3CCCCC3)CCC2)cnc1/C=C/C(=O)O. The first-order valence-corrected chi connectivity index (χ1v) is 16.0. The Morgan fingerprint density at radius 3 is 2.53 bits per heavy atom. The normalized spacial score (nSPS) is 16.1. The van der Waals surface area contributed by atoms with Crippen molar-refractivity contribution in [2.45, 2.75) is 76.8 Å². The van der Waals surface area contributed by atoms with Gasteiger partial charge in [-0.05, 0) is 87.9 Å². The summed E-state index contributed by atoms with van der Waals surface area (Å²) >= 11 is 0. The van der Waals surface area contributed by atoms with Crippen molar-refractivity contribution in [2.75, 3.05) is 11.9 Å². The molecule has 4 aromatic rings. The van der Waals surface area contributed by atoms with Crippen molar-refractivity contribution in [3.05, 3.63) is 71.4 Å². The van der Waals surface area contributed by atoms with Gasteiger partial charge in [-0.15, -0.1) is 0 Å². The lowest BCUT2D eigenvalue weighted by molar-refractivity contribution is -0.131. The predicted octanol–water partition coefficient (Wildman–Crippen LogP) is 6.23. The third-order valence-electron chi connectivity index (χ3n) is 9.10. The van der Waals surface area contributed by atoms with E-state index < -0.39 is 23.2 Å². The van der Waals surface area contributed by atoms with Crippen LogP contribution in [0.25, 0.3) is 28.4 Å². The fourth-order valence-corrected chi connectivity index (χ4v) is 6.58. The van der Waals surface area contributed by atoms with Crippen molar-refractivity contribution in [2.24, 2.45) is 0 Å². The number of ether oxygens (including phenoxy) is 1. The monoisotopic (exact) mass is 640 g/mol. The summed E-state index contributed by atoms with van der Waals surface area (Å²) in [7, 11) is 0. The van der Waals surface area contributed by atoms with Crippen molar-refractivity contribution in [3.63, 3.8) is 0 Å². The number of hydrogen-bond donors (Lipinski definition) is 3. The van der Waals surface area contributed by atoms with E-state index in [0.717, 1.165) is 60.3 Å². The van der Waals surface area contributed by atoms with Crippen molar-refractivity contribution < 1.29 is 28.6 Å². The number of halogens is 1. The average Bonchev–Trinajstić information content (AvgIpc) is 3.34. The minimum Gasteiger partial charge on any atom is -0.478 e. The Bertz CT molecular complexity index is 1860. The minimum absolute atomic E-state index is 0.0773. The molecule has 0 radical (unpaired) electrons. The van der Waals surface area contributed by atoms with Gasteiger partial charge in [0.1, 0.15) is 17.1 Å². The molecule has 6 rings (SSSR count). The summed E-state index contributed by atoms with van der Waals surface area (Å²) in [5.74, 6) is -2.14. The number of carbonyl (C=O) groups is 3. The van der Waals surface area contributed by atoms with Crippen LogP contribution in [0.5, 0.6) is 5.88 Å². The highest BCUT2D eigenvalue weighted by Crippen LogP contribution is 2.40. The summed E-state index contributed by atoms with van der Waals surface area (Å²) in [5.41, 5.74) is 3.06. The van der Waals surface area contributed by atoms with Crippen LogP contribution in [0.1, 0.15) is 85.9 Å². The number of amides is 2. The quantitative estimate of drug-likeness (QED) is 0.173. The maximum atomic E-state index is 13.8. The Morgan fingerprint density at radius 2 is 1.87 bits per heavy atom. The molecule has 244 valence electrons. The van der Waals surface area contributed by atoms with Crippen LogP contribution in [0.3, 0.4) is 0 Å². The first-order valence-electron chi connectivity index (χ1n) is 16.0. The third-order valence-corrected chi connectivity index (χ3v) is 9.10. The number of aryl methyl sites for hydroxylation is 1. The van der Waals surface area contributed by atoms with E-state index >= 15 is 0 Å². The summed E-state index contributed by atoms with van der Waals surface area (Å²) in [6.45, 7) is 4.02. The van der Waals surface area contributed by atoms with E-state index in [9.17, 15) is 18.8 Å². The fourth-order valence-electron chi connectivity index (χ4n) is 6.58. The largest absolute Gasteiger partial charge is 0.478 e. The Kier molecular flexibility index (Phi) is 9.01. The zero-order valence-electron chi connectivity index (χ0n) is 26.4. The lowest BCUT2D eigenvalue weighted by Gasteiger charge is -2.40. The number of anilines is 1. The van der Waals surface area contributed by atoms with E-state index in [4.69, 9.17) is 9.84 Å². The van der Waals surface area contributed by atoms with Crippen LogP contribution in [-0.4, -0.2) is 54.6 Å². The lowest BCUT2D eigenvalue weighted by atomic mass is 9.75. The number of benzene rings is 1. The molecule has 2 saturated carbocycles. The van der Waals surface area contributed by atoms with Crippen LogP contribution in [0, 0.1) is 12.7 Å². The Hall–Kier alpha value is -5.13. The molecule has 1 aromatic carbocycles. The molecule has 3 N–H and O–H groups in total. The highest BCUT2D eigenvalue weighted by Gasteiger charge is 2.46. The number of rotatable bonds is 10. The van der Waals surface area contributed by atoms with E-state index in [2.05, 4.69) is 30.2 Å². The van der Waals surface area contributed by atoms with Gasteiger partial charge in [0.15, 0.2) is 5.82 Å². The van der Waals surface area contributed by atoms with Gasteiger partial charge in [0.2, 0.25) is 5.88 Å². The number of fused-ring (bicyclic) bond motifs is 1. The molecule has 0 atom stereocenters. The van der Waals surface area contributed by atoms with Crippen molar-refractivity contribution >= 4 is 40.6 Å². The number of carboxylic acid groups (broad SMARTS) is 1. The van der Waals surface area contributed by atoms with Gasteiger partial charge < -0.3 is 25.0 Å². The molecular weight excluding hydrogens is 603 g/mol. The van der Waals surface area contributed by atoms with Crippen LogP contribution in [0.4, 0.5) is 10.2 Å². The maximum Gasteiger partial charge on any atom is 0.328 e. The molecule has 11 nitrogen and oxygen atoms in total. The molecule has 0 bridgehead atoms. The van der Waals surface area contributed by atoms with Gasteiger partial charge in [0, 0.05) is 28.6 Å². The van der Waals surface area contributed by atoms with Gasteiger partial charge in [0.25, 0.3) is 11.8 Å². The summed E-state index contributed by atoms with van der Waals surface area (Å²) in [6, 6.07) is 8.99. The molecule has 2 aliphatic carbocycles.